The van der Waals surface area contributed by atoms with Crippen molar-refractivity contribution in [2.45, 2.75) is 13.8 Å². The van der Waals surface area contributed by atoms with Gasteiger partial charge in [0.1, 0.15) is 11.8 Å². The van der Waals surface area contributed by atoms with E-state index in [9.17, 15) is 4.79 Å². The zero-order chi connectivity index (χ0) is 10.3. The molecule has 0 spiro atoms. The van der Waals surface area contributed by atoms with Crippen LogP contribution in [0, 0.1) is 11.3 Å². The summed E-state index contributed by atoms with van der Waals surface area (Å²) in [5, 5.41) is 16.7. The smallest absolute Gasteiger partial charge is 0.337 e. The molecule has 0 aliphatic rings. The summed E-state index contributed by atoms with van der Waals surface area (Å²) in [7, 11) is 0. The topological polar surface area (TPSA) is 74.0 Å². The predicted molar refractivity (Wildman–Crippen MR) is 47.3 cm³/mol. The Kier molecular flexibility index (Phi) is 4.89. The molecule has 1 heterocycles. The lowest BCUT2D eigenvalue weighted by atomic mass is 10.2. The SMILES string of the molecule is CC.N#Cc1ccc(C(=O)O)cn1. The molecule has 1 aromatic rings. The number of aromatic carboxylic acids is 1. The van der Waals surface area contributed by atoms with Crippen molar-refractivity contribution in [1.29, 1.82) is 5.26 Å². The minimum Gasteiger partial charge on any atom is -0.478 e. The first kappa shape index (κ1) is 11.1. The first-order valence-corrected chi connectivity index (χ1v) is 3.83. The molecule has 0 atom stereocenters. The summed E-state index contributed by atoms with van der Waals surface area (Å²) in [6.07, 6.45) is 1.15. The van der Waals surface area contributed by atoms with Gasteiger partial charge in [-0.2, -0.15) is 5.26 Å². The van der Waals surface area contributed by atoms with Gasteiger partial charge in [0.2, 0.25) is 0 Å². The molecule has 1 aromatic heterocycles. The van der Waals surface area contributed by atoms with Gasteiger partial charge >= 0.3 is 5.97 Å². The van der Waals surface area contributed by atoms with E-state index in [1.54, 1.807) is 6.07 Å². The lowest BCUT2D eigenvalue weighted by Crippen LogP contribution is -1.96. The van der Waals surface area contributed by atoms with Gasteiger partial charge in [0.25, 0.3) is 0 Å². The Balaban J connectivity index is 0.000000671. The van der Waals surface area contributed by atoms with Crippen LogP contribution in [0.4, 0.5) is 0 Å². The van der Waals surface area contributed by atoms with E-state index in [0.29, 0.717) is 0 Å². The lowest BCUT2D eigenvalue weighted by Gasteiger charge is -1.90. The van der Waals surface area contributed by atoms with Gasteiger partial charge in [-0.1, -0.05) is 13.8 Å². The van der Waals surface area contributed by atoms with E-state index in [1.807, 2.05) is 13.8 Å². The minimum absolute atomic E-state index is 0.0870. The highest BCUT2D eigenvalue weighted by atomic mass is 16.4. The summed E-state index contributed by atoms with van der Waals surface area (Å²) in [4.78, 5) is 13.9. The highest BCUT2D eigenvalue weighted by Crippen LogP contribution is 1.98. The first-order valence-electron chi connectivity index (χ1n) is 3.83. The lowest BCUT2D eigenvalue weighted by molar-refractivity contribution is 0.0696. The first-order chi connectivity index (χ1) is 6.24. The van der Waals surface area contributed by atoms with Crippen molar-refractivity contribution in [2.75, 3.05) is 0 Å². The Morgan fingerprint density at radius 1 is 1.54 bits per heavy atom. The summed E-state index contributed by atoms with van der Waals surface area (Å²) in [5.41, 5.74) is 0.305. The van der Waals surface area contributed by atoms with E-state index in [1.165, 1.54) is 12.1 Å². The molecule has 0 unspecified atom stereocenters. The average molecular weight is 178 g/mol. The van der Waals surface area contributed by atoms with Crippen LogP contribution in [-0.2, 0) is 0 Å². The van der Waals surface area contributed by atoms with Gasteiger partial charge in [-0.3, -0.25) is 0 Å². The largest absolute Gasteiger partial charge is 0.478 e. The molecule has 0 fully saturated rings. The van der Waals surface area contributed by atoms with Crippen LogP contribution in [-0.4, -0.2) is 16.1 Å². The second-order valence-corrected chi connectivity index (χ2v) is 1.85. The average Bonchev–Trinajstić information content (AvgIpc) is 2.21. The van der Waals surface area contributed by atoms with Gasteiger partial charge in [-0.15, -0.1) is 0 Å². The molecule has 1 rings (SSSR count). The number of hydrogen-bond donors (Lipinski definition) is 1. The molecule has 0 radical (unpaired) electrons. The number of nitrogens with zero attached hydrogens (tertiary/aromatic N) is 2. The van der Waals surface area contributed by atoms with Gasteiger partial charge < -0.3 is 5.11 Å². The molecular weight excluding hydrogens is 168 g/mol. The standard InChI is InChI=1S/C7H4N2O2.C2H6/c8-3-6-2-1-5(4-9-6)7(10)11;1-2/h1-2,4H,(H,10,11);1-2H3. The van der Waals surface area contributed by atoms with Gasteiger partial charge in [0, 0.05) is 6.20 Å². The van der Waals surface area contributed by atoms with E-state index in [2.05, 4.69) is 4.98 Å². The van der Waals surface area contributed by atoms with Gasteiger partial charge in [0.15, 0.2) is 0 Å². The van der Waals surface area contributed by atoms with Crippen molar-refractivity contribution < 1.29 is 9.90 Å². The monoisotopic (exact) mass is 178 g/mol. The molecule has 4 nitrogen and oxygen atoms in total. The molecule has 0 aliphatic heterocycles. The number of aromatic nitrogens is 1. The second kappa shape index (κ2) is 5.72. The summed E-state index contributed by atoms with van der Waals surface area (Å²) < 4.78 is 0. The van der Waals surface area contributed by atoms with Crippen LogP contribution in [0.1, 0.15) is 29.9 Å². The molecule has 0 aromatic carbocycles. The third kappa shape index (κ3) is 3.34. The highest BCUT2D eigenvalue weighted by Gasteiger charge is 2.01. The van der Waals surface area contributed by atoms with E-state index >= 15 is 0 Å². The van der Waals surface area contributed by atoms with E-state index in [-0.39, 0.29) is 11.3 Å². The Morgan fingerprint density at radius 3 is 2.46 bits per heavy atom. The van der Waals surface area contributed by atoms with Crippen LogP contribution >= 0.6 is 0 Å². The number of rotatable bonds is 1. The van der Waals surface area contributed by atoms with Crippen LogP contribution in [0.2, 0.25) is 0 Å². The van der Waals surface area contributed by atoms with E-state index in [0.717, 1.165) is 6.20 Å². The number of pyridine rings is 1. The van der Waals surface area contributed by atoms with Crippen molar-refractivity contribution >= 4 is 5.97 Å². The molecule has 0 bridgehead atoms. The van der Waals surface area contributed by atoms with Crippen molar-refractivity contribution in [3.8, 4) is 6.07 Å². The van der Waals surface area contributed by atoms with Gasteiger partial charge in [0.05, 0.1) is 5.56 Å². The summed E-state index contributed by atoms with van der Waals surface area (Å²) in [5.74, 6) is -1.04. The second-order valence-electron chi connectivity index (χ2n) is 1.85. The fraction of sp³-hybridized carbons (Fsp3) is 0.222. The molecular formula is C9H10N2O2. The zero-order valence-corrected chi connectivity index (χ0v) is 7.48. The van der Waals surface area contributed by atoms with Crippen molar-refractivity contribution in [3.63, 3.8) is 0 Å². The number of carboxylic acids is 1. The van der Waals surface area contributed by atoms with Crippen LogP contribution in [0.3, 0.4) is 0 Å². The Morgan fingerprint density at radius 2 is 2.15 bits per heavy atom. The Bertz CT molecular complexity index is 311. The molecule has 1 N–H and O–H groups in total. The summed E-state index contributed by atoms with van der Waals surface area (Å²) in [6.45, 7) is 4.00. The van der Waals surface area contributed by atoms with E-state index < -0.39 is 5.97 Å². The molecule has 13 heavy (non-hydrogen) atoms. The molecule has 0 saturated heterocycles. The predicted octanol–water partition coefficient (Wildman–Crippen LogP) is 1.68. The molecule has 0 saturated carbocycles. The van der Waals surface area contributed by atoms with Gasteiger partial charge in [-0.25, -0.2) is 9.78 Å². The highest BCUT2D eigenvalue weighted by molar-refractivity contribution is 5.87. The third-order valence-corrected chi connectivity index (χ3v) is 1.12. The van der Waals surface area contributed by atoms with Crippen LogP contribution in [0.15, 0.2) is 18.3 Å². The maximum absolute atomic E-state index is 10.3. The Labute approximate surface area is 76.5 Å². The normalized spacial score (nSPS) is 7.77. The van der Waals surface area contributed by atoms with Crippen molar-refractivity contribution in [2.24, 2.45) is 0 Å². The number of carbonyl (C=O) groups is 1. The van der Waals surface area contributed by atoms with Crippen LogP contribution in [0.25, 0.3) is 0 Å². The Hall–Kier alpha value is -1.89. The number of nitriles is 1. The van der Waals surface area contributed by atoms with E-state index in [4.69, 9.17) is 10.4 Å². The van der Waals surface area contributed by atoms with Gasteiger partial charge in [-0.05, 0) is 12.1 Å². The van der Waals surface area contributed by atoms with Crippen LogP contribution in [0.5, 0.6) is 0 Å². The zero-order valence-electron chi connectivity index (χ0n) is 7.48. The molecule has 68 valence electrons. The molecule has 0 amide bonds. The maximum Gasteiger partial charge on any atom is 0.337 e. The number of hydrogen-bond acceptors (Lipinski definition) is 3. The fourth-order valence-corrected chi connectivity index (χ4v) is 0.587. The number of carboxylic acid groups (broad SMARTS) is 1. The quantitative estimate of drug-likeness (QED) is 0.709. The summed E-state index contributed by atoms with van der Waals surface area (Å²) in [6, 6.07) is 4.49. The van der Waals surface area contributed by atoms with Crippen molar-refractivity contribution in [3.05, 3.63) is 29.6 Å². The third-order valence-electron chi connectivity index (χ3n) is 1.12. The minimum atomic E-state index is -1.04. The fourth-order valence-electron chi connectivity index (χ4n) is 0.587. The molecule has 4 heteroatoms. The summed E-state index contributed by atoms with van der Waals surface area (Å²) >= 11 is 0. The van der Waals surface area contributed by atoms with Crippen LogP contribution < -0.4 is 0 Å². The molecule has 0 aliphatic carbocycles. The maximum atomic E-state index is 10.3. The van der Waals surface area contributed by atoms with Crippen molar-refractivity contribution in [1.82, 2.24) is 4.98 Å².